The fraction of sp³-hybridized carbons (Fsp3) is 0.528. The normalized spacial score (nSPS) is 31.2. The van der Waals surface area contributed by atoms with E-state index in [9.17, 15) is 34.8 Å². The first-order chi connectivity index (χ1) is 31.3. The highest BCUT2D eigenvalue weighted by atomic mass is 16.4. The van der Waals surface area contributed by atoms with E-state index in [1.807, 2.05) is 91.0 Å². The molecule has 0 saturated heterocycles. The summed E-state index contributed by atoms with van der Waals surface area (Å²) in [5.74, 6) is -0.0135. The van der Waals surface area contributed by atoms with E-state index in [1.54, 1.807) is 12.4 Å². The van der Waals surface area contributed by atoms with Gasteiger partial charge in [-0.25, -0.2) is 4.98 Å². The summed E-state index contributed by atoms with van der Waals surface area (Å²) in [6.45, 7) is 6.68. The predicted molar refractivity (Wildman–Crippen MR) is 249 cm³/mol. The number of carbonyl (C=O) groups excluding carboxylic acids is 2. The van der Waals surface area contributed by atoms with Crippen LogP contribution in [0, 0.1) is 46.3 Å². The van der Waals surface area contributed by atoms with Crippen LogP contribution in [0.2, 0.25) is 0 Å². The number of benzene rings is 2. The lowest BCUT2D eigenvalue weighted by atomic mass is 9.43. The fourth-order valence-electron chi connectivity index (χ4n) is 13.3. The predicted octanol–water partition coefficient (Wildman–Crippen LogP) is 8.45. The van der Waals surface area contributed by atoms with Gasteiger partial charge in [-0.1, -0.05) is 75.4 Å². The van der Waals surface area contributed by atoms with Crippen LogP contribution < -0.4 is 16.0 Å². The second kappa shape index (κ2) is 19.7. The van der Waals surface area contributed by atoms with Gasteiger partial charge in [0, 0.05) is 49.1 Å². The molecule has 0 aliphatic heterocycles. The maximum atomic E-state index is 13.3. The van der Waals surface area contributed by atoms with Gasteiger partial charge in [0.25, 0.3) is 0 Å². The number of amides is 2. The number of fused-ring (bicyclic) bond motifs is 5. The van der Waals surface area contributed by atoms with E-state index in [-0.39, 0.29) is 83.5 Å². The summed E-state index contributed by atoms with van der Waals surface area (Å²) in [5, 5.41) is 54.8. The molecule has 4 saturated carbocycles. The minimum atomic E-state index is -0.908. The number of hydrogen-bond acceptors (Lipinski definition) is 9. The van der Waals surface area contributed by atoms with Crippen molar-refractivity contribution in [2.24, 2.45) is 46.3 Å². The van der Waals surface area contributed by atoms with E-state index in [0.29, 0.717) is 36.5 Å². The van der Waals surface area contributed by atoms with Crippen LogP contribution in [0.1, 0.15) is 126 Å². The van der Waals surface area contributed by atoms with Gasteiger partial charge in [0.05, 0.1) is 30.3 Å². The topological polar surface area (TPSA) is 194 Å². The quantitative estimate of drug-likeness (QED) is 0.0574. The third-order valence-electron chi connectivity index (χ3n) is 16.7. The van der Waals surface area contributed by atoms with Gasteiger partial charge in [0.2, 0.25) is 11.8 Å². The molecule has 65 heavy (non-hydrogen) atoms. The van der Waals surface area contributed by atoms with Gasteiger partial charge in [-0.3, -0.25) is 19.4 Å². The van der Waals surface area contributed by atoms with Crippen LogP contribution in [0.5, 0.6) is 0 Å². The van der Waals surface area contributed by atoms with E-state index in [0.717, 1.165) is 43.2 Å². The van der Waals surface area contributed by atoms with Crippen LogP contribution in [0.15, 0.2) is 103 Å². The summed E-state index contributed by atoms with van der Waals surface area (Å²) in [4.78, 5) is 47.1. The van der Waals surface area contributed by atoms with E-state index >= 15 is 0 Å². The summed E-state index contributed by atoms with van der Waals surface area (Å²) in [6, 6.07) is 27.8. The second-order valence-corrected chi connectivity index (χ2v) is 20.2. The van der Waals surface area contributed by atoms with Crippen molar-refractivity contribution < 1.29 is 34.8 Å². The van der Waals surface area contributed by atoms with E-state index in [4.69, 9.17) is 0 Å². The molecule has 8 rings (SSSR count). The van der Waals surface area contributed by atoms with Crippen molar-refractivity contribution >= 4 is 29.3 Å². The van der Waals surface area contributed by atoms with Gasteiger partial charge < -0.3 is 36.4 Å². The Balaban J connectivity index is 0.870. The lowest BCUT2D eigenvalue weighted by Gasteiger charge is -2.63. The largest absolute Gasteiger partial charge is 0.481 e. The summed E-state index contributed by atoms with van der Waals surface area (Å²) in [5.41, 5.74) is 2.49. The molecule has 0 spiro atoms. The van der Waals surface area contributed by atoms with Crippen molar-refractivity contribution in [1.82, 2.24) is 15.3 Å². The van der Waals surface area contributed by atoms with Gasteiger partial charge in [-0.05, 0) is 145 Å². The maximum absolute atomic E-state index is 13.3. The maximum Gasteiger partial charge on any atom is 0.303 e. The Labute approximate surface area is 383 Å². The molecule has 346 valence electrons. The molecule has 4 aromatic rings. The van der Waals surface area contributed by atoms with E-state index in [2.05, 4.69) is 46.7 Å². The van der Waals surface area contributed by atoms with Crippen LogP contribution in [0.25, 0.3) is 0 Å². The standard InChI is InChI=1S/C53H67N5O7/c1-32(15-24-47(63)64)38-20-21-39-48-40(31-43(60)53(38,39)3)52(2)26-25-37(29-35(52)30-42(48)59)57-46(62)23-22-45(61)56-36-18-16-33(17-19-36)50(58-44-14-8-10-28-55-44)49(41-13-7-9-27-54-41)51(65)34-11-5-4-6-12-34/h4-14,16-19,27-28,32,35,37-40,42-43,48-51,59-60,65H,15,20-26,29-31H2,1-3H3,(H,55,58)(H,56,61)(H,57,62)(H,63,64)/t32?,35?,37?,38?,39?,40?,42?,43-,48?,49?,50?,51?,52-,53+/m0/s1. The number of nitrogens with one attached hydrogen (secondary N) is 3. The molecule has 7 N–H and O–H groups in total. The van der Waals surface area contributed by atoms with Crippen LogP contribution in [0.4, 0.5) is 11.5 Å². The first-order valence-electron chi connectivity index (χ1n) is 23.8. The Morgan fingerprint density at radius 2 is 1.48 bits per heavy atom. The molecular formula is C53H67N5O7. The van der Waals surface area contributed by atoms with Crippen molar-refractivity contribution in [1.29, 1.82) is 0 Å². The molecule has 12 nitrogen and oxygen atoms in total. The summed E-state index contributed by atoms with van der Waals surface area (Å²) < 4.78 is 0. The van der Waals surface area contributed by atoms with Crippen molar-refractivity contribution in [3.63, 3.8) is 0 Å². The number of aliphatic carboxylic acids is 1. The Kier molecular flexibility index (Phi) is 14.1. The average molecular weight is 886 g/mol. The second-order valence-electron chi connectivity index (χ2n) is 20.2. The summed E-state index contributed by atoms with van der Waals surface area (Å²) in [7, 11) is 0. The minimum Gasteiger partial charge on any atom is -0.481 e. The molecule has 2 aromatic carbocycles. The zero-order valence-corrected chi connectivity index (χ0v) is 37.9. The van der Waals surface area contributed by atoms with Crippen LogP contribution in [0.3, 0.4) is 0 Å². The molecule has 4 aliphatic carbocycles. The number of nitrogens with zero attached hydrogens (tertiary/aromatic N) is 2. The molecule has 0 radical (unpaired) electrons. The Morgan fingerprint density at radius 1 is 0.769 bits per heavy atom. The van der Waals surface area contributed by atoms with Crippen LogP contribution in [-0.4, -0.2) is 66.4 Å². The number of carboxylic acids is 1. The Morgan fingerprint density at radius 3 is 2.17 bits per heavy atom. The molecule has 12 heteroatoms. The van der Waals surface area contributed by atoms with Crippen molar-refractivity contribution in [2.45, 2.75) is 128 Å². The third-order valence-corrected chi connectivity index (χ3v) is 16.7. The van der Waals surface area contributed by atoms with Crippen molar-refractivity contribution in [3.05, 3.63) is 120 Å². The van der Waals surface area contributed by atoms with Gasteiger partial charge >= 0.3 is 5.97 Å². The number of aliphatic hydroxyl groups excluding tert-OH is 3. The van der Waals surface area contributed by atoms with Gasteiger partial charge in [0.15, 0.2) is 0 Å². The lowest BCUT2D eigenvalue weighted by molar-refractivity contribution is -0.202. The molecular weight excluding hydrogens is 819 g/mol. The molecule has 14 atom stereocenters. The monoisotopic (exact) mass is 886 g/mol. The highest BCUT2D eigenvalue weighted by Gasteiger charge is 2.65. The molecule has 0 bridgehead atoms. The van der Waals surface area contributed by atoms with Crippen molar-refractivity contribution in [3.8, 4) is 0 Å². The van der Waals surface area contributed by atoms with Gasteiger partial charge in [-0.15, -0.1) is 0 Å². The first-order valence-corrected chi connectivity index (χ1v) is 23.8. The number of aliphatic hydroxyl groups is 3. The summed E-state index contributed by atoms with van der Waals surface area (Å²) in [6.07, 6.45) is 8.01. The smallest absolute Gasteiger partial charge is 0.303 e. The van der Waals surface area contributed by atoms with Crippen LogP contribution in [-0.2, 0) is 14.4 Å². The molecule has 2 amide bonds. The Hall–Kier alpha value is -5.17. The lowest BCUT2D eigenvalue weighted by Crippen LogP contribution is -2.63. The highest BCUT2D eigenvalue weighted by molar-refractivity contribution is 5.93. The molecule has 2 aromatic heterocycles. The molecule has 11 unspecified atom stereocenters. The van der Waals surface area contributed by atoms with Crippen LogP contribution >= 0.6 is 0 Å². The zero-order valence-electron chi connectivity index (χ0n) is 37.9. The number of carbonyl (C=O) groups is 3. The van der Waals surface area contributed by atoms with E-state index in [1.165, 1.54) is 0 Å². The number of rotatable bonds is 16. The molecule has 4 fully saturated rings. The first kappa shape index (κ1) is 46.4. The third kappa shape index (κ3) is 9.72. The number of anilines is 2. The van der Waals surface area contributed by atoms with Gasteiger partial charge in [-0.2, -0.15) is 0 Å². The zero-order chi connectivity index (χ0) is 45.9. The molecule has 4 aliphatic rings. The summed E-state index contributed by atoms with van der Waals surface area (Å²) >= 11 is 0. The SMILES string of the molecule is CC(CCC(=O)O)C1CCC2C3C(O)CC4CC(NC(=O)CCC(=O)Nc5ccc(C(Nc6ccccn6)C(c6ccccn6)C(O)c6ccccc6)cc5)CC[C@]4(C)C3C[C@H](O)[C@]12C. The number of aromatic nitrogens is 2. The minimum absolute atomic E-state index is 0.0206. The van der Waals surface area contributed by atoms with E-state index < -0.39 is 36.2 Å². The number of pyridine rings is 2. The number of carboxylic acid groups (broad SMARTS) is 1. The fourth-order valence-corrected chi connectivity index (χ4v) is 13.3. The highest BCUT2D eigenvalue weighted by Crippen LogP contribution is 2.68. The Bertz CT molecular complexity index is 2230. The van der Waals surface area contributed by atoms with Crippen molar-refractivity contribution in [2.75, 3.05) is 10.6 Å². The molecule has 2 heterocycles. The van der Waals surface area contributed by atoms with Gasteiger partial charge in [0.1, 0.15) is 5.82 Å². The average Bonchev–Trinajstić information content (AvgIpc) is 3.67. The number of hydrogen-bond donors (Lipinski definition) is 7.